The van der Waals surface area contributed by atoms with E-state index in [4.69, 9.17) is 11.6 Å². The number of aliphatic hydroxyl groups is 1. The van der Waals surface area contributed by atoms with Crippen LogP contribution in [0, 0.1) is 0 Å². The summed E-state index contributed by atoms with van der Waals surface area (Å²) < 4.78 is 29.5. The summed E-state index contributed by atoms with van der Waals surface area (Å²) in [6.07, 6.45) is -1.76. The molecule has 0 radical (unpaired) electrons. The molecule has 1 fully saturated rings. The van der Waals surface area contributed by atoms with E-state index in [2.05, 4.69) is 20.3 Å². The van der Waals surface area contributed by atoms with Crippen molar-refractivity contribution in [3.05, 3.63) is 40.7 Å². The van der Waals surface area contributed by atoms with Crippen molar-refractivity contribution in [2.24, 2.45) is 0 Å². The van der Waals surface area contributed by atoms with Crippen LogP contribution in [0.4, 0.5) is 14.6 Å². The highest BCUT2D eigenvalue weighted by molar-refractivity contribution is 6.31. The number of fused-ring (bicyclic) bond motifs is 1. The van der Waals surface area contributed by atoms with Crippen LogP contribution in [-0.4, -0.2) is 55.2 Å². The van der Waals surface area contributed by atoms with Gasteiger partial charge in [0.05, 0.1) is 19.6 Å². The Bertz CT molecular complexity index is 1060. The average Bonchev–Trinajstić information content (AvgIpc) is 3.16. The number of aliphatic hydroxyl groups excluding tert-OH is 1. The van der Waals surface area contributed by atoms with Crippen molar-refractivity contribution in [2.45, 2.75) is 44.8 Å². The van der Waals surface area contributed by atoms with Gasteiger partial charge in [0, 0.05) is 10.4 Å². The number of hydrogen-bond acceptors (Lipinski definition) is 6. The van der Waals surface area contributed by atoms with Crippen molar-refractivity contribution in [1.29, 1.82) is 0 Å². The van der Waals surface area contributed by atoms with Gasteiger partial charge in [0.2, 0.25) is 0 Å². The molecular formula is C19H21ClF2N6O. The third-order valence-corrected chi connectivity index (χ3v) is 5.24. The minimum atomic E-state index is -3.22. The van der Waals surface area contributed by atoms with Crippen LogP contribution in [0.5, 0.6) is 0 Å². The van der Waals surface area contributed by atoms with Gasteiger partial charge in [-0.05, 0) is 11.6 Å². The monoisotopic (exact) mass is 422 g/mol. The molecule has 1 saturated heterocycles. The smallest absolute Gasteiger partial charge is 0.292 e. The predicted octanol–water partition coefficient (Wildman–Crippen LogP) is 3.04. The van der Waals surface area contributed by atoms with Gasteiger partial charge < -0.3 is 10.0 Å². The van der Waals surface area contributed by atoms with Crippen LogP contribution < -0.4 is 4.90 Å². The van der Waals surface area contributed by atoms with Crippen LogP contribution in [0.15, 0.2) is 24.3 Å². The third-order valence-electron chi connectivity index (χ3n) is 4.88. The molecule has 7 nitrogen and oxygen atoms in total. The van der Waals surface area contributed by atoms with Crippen molar-refractivity contribution in [2.75, 3.05) is 18.0 Å². The van der Waals surface area contributed by atoms with E-state index < -0.39 is 24.0 Å². The topological polar surface area (TPSA) is 80.0 Å². The Morgan fingerprint density at radius 1 is 1.24 bits per heavy atom. The van der Waals surface area contributed by atoms with Crippen LogP contribution in [0.2, 0.25) is 5.02 Å². The number of anilines is 1. The summed E-state index contributed by atoms with van der Waals surface area (Å²) in [4.78, 5) is 10.5. The number of rotatable bonds is 3. The van der Waals surface area contributed by atoms with E-state index in [1.807, 2.05) is 39.0 Å². The predicted molar refractivity (Wildman–Crippen MR) is 106 cm³/mol. The lowest BCUT2D eigenvalue weighted by molar-refractivity contribution is -0.0712. The van der Waals surface area contributed by atoms with Crippen LogP contribution in [0.1, 0.15) is 32.2 Å². The Morgan fingerprint density at radius 2 is 1.97 bits per heavy atom. The fourth-order valence-corrected chi connectivity index (χ4v) is 3.42. The highest BCUT2D eigenvalue weighted by Crippen LogP contribution is 2.34. The minimum Gasteiger partial charge on any atom is -0.385 e. The molecule has 0 amide bonds. The summed E-state index contributed by atoms with van der Waals surface area (Å²) in [6.45, 7) is 5.27. The zero-order valence-corrected chi connectivity index (χ0v) is 17.0. The number of β-amino-alcohol motifs (C(OH)–C–C–N with tert-alkyl or cyclic N) is 1. The van der Waals surface area contributed by atoms with Gasteiger partial charge in [0.1, 0.15) is 11.9 Å². The van der Waals surface area contributed by atoms with Crippen LogP contribution in [-0.2, 0) is 12.0 Å². The van der Waals surface area contributed by atoms with Crippen LogP contribution >= 0.6 is 11.6 Å². The van der Waals surface area contributed by atoms with Crippen molar-refractivity contribution in [3.63, 3.8) is 0 Å². The molecule has 3 aromatic rings. The molecule has 1 aliphatic heterocycles. The van der Waals surface area contributed by atoms with E-state index in [0.29, 0.717) is 28.6 Å². The Hall–Kier alpha value is -2.39. The highest BCUT2D eigenvalue weighted by atomic mass is 35.5. The minimum absolute atomic E-state index is 0.236. The van der Waals surface area contributed by atoms with Gasteiger partial charge in [0.15, 0.2) is 17.0 Å². The first-order valence-corrected chi connectivity index (χ1v) is 9.60. The molecule has 1 atom stereocenters. The van der Waals surface area contributed by atoms with Crippen LogP contribution in [0.3, 0.4) is 0 Å². The Kier molecular flexibility index (Phi) is 4.70. The third kappa shape index (κ3) is 3.64. The van der Waals surface area contributed by atoms with E-state index in [1.165, 1.54) is 4.90 Å². The second-order valence-corrected chi connectivity index (χ2v) is 8.70. The van der Waals surface area contributed by atoms with Gasteiger partial charge in [-0.15, -0.1) is 5.10 Å². The van der Waals surface area contributed by atoms with Gasteiger partial charge >= 0.3 is 0 Å². The molecule has 4 rings (SSSR count). The van der Waals surface area contributed by atoms with Gasteiger partial charge in [-0.2, -0.15) is 0 Å². The number of aromatic nitrogens is 5. The first-order chi connectivity index (χ1) is 13.6. The van der Waals surface area contributed by atoms with Gasteiger partial charge in [0.25, 0.3) is 5.92 Å². The lowest BCUT2D eigenvalue weighted by Crippen LogP contribution is -2.31. The fraction of sp³-hybridized carbons (Fsp3) is 0.474. The highest BCUT2D eigenvalue weighted by Gasteiger charge is 2.48. The van der Waals surface area contributed by atoms with Gasteiger partial charge in [-0.3, -0.25) is 0 Å². The van der Waals surface area contributed by atoms with E-state index in [1.54, 1.807) is 10.7 Å². The summed E-state index contributed by atoms with van der Waals surface area (Å²) in [5.41, 5.74) is 1.16. The second-order valence-electron chi connectivity index (χ2n) is 8.29. The largest absolute Gasteiger partial charge is 0.385 e. The molecule has 0 bridgehead atoms. The Morgan fingerprint density at radius 3 is 2.59 bits per heavy atom. The fourth-order valence-electron chi connectivity index (χ4n) is 3.22. The van der Waals surface area contributed by atoms with Gasteiger partial charge in [-0.25, -0.2) is 23.4 Å². The molecule has 0 saturated carbocycles. The molecule has 0 aliphatic carbocycles. The molecule has 29 heavy (non-hydrogen) atoms. The Balaban J connectivity index is 1.84. The molecule has 10 heteroatoms. The molecule has 0 spiro atoms. The van der Waals surface area contributed by atoms with E-state index in [0.717, 1.165) is 5.56 Å². The van der Waals surface area contributed by atoms with E-state index >= 15 is 0 Å². The molecule has 0 unspecified atom stereocenters. The van der Waals surface area contributed by atoms with Gasteiger partial charge in [-0.1, -0.05) is 55.8 Å². The quantitative estimate of drug-likeness (QED) is 0.698. The summed E-state index contributed by atoms with van der Waals surface area (Å²) in [5, 5.41) is 18.6. The molecule has 1 N–H and O–H groups in total. The SMILES string of the molecule is CC(C)(C)c1nc(N2C[C@@H](O)C(F)(F)C2)c2nnn(Cc3ccccc3Cl)c2n1. The standard InChI is InChI=1S/C19H21ClF2N6O/c1-18(2,3)17-23-15(27-9-13(29)19(21,22)10-27)14-16(24-17)28(26-25-14)8-11-6-4-5-7-12(11)20/h4-7,13,29H,8-10H2,1-3H3/t13-/m1/s1. The number of halogens is 3. The summed E-state index contributed by atoms with van der Waals surface area (Å²) in [7, 11) is 0. The molecule has 1 aromatic carbocycles. The average molecular weight is 423 g/mol. The van der Waals surface area contributed by atoms with Crippen molar-refractivity contribution in [3.8, 4) is 0 Å². The maximum absolute atomic E-state index is 14.0. The first-order valence-electron chi connectivity index (χ1n) is 9.22. The maximum Gasteiger partial charge on any atom is 0.292 e. The second kappa shape index (κ2) is 6.84. The number of nitrogens with zero attached hydrogens (tertiary/aromatic N) is 6. The molecule has 154 valence electrons. The summed E-state index contributed by atoms with van der Waals surface area (Å²) in [6, 6.07) is 7.36. The van der Waals surface area contributed by atoms with Crippen molar-refractivity contribution < 1.29 is 13.9 Å². The first kappa shape index (κ1) is 19.9. The van der Waals surface area contributed by atoms with Crippen molar-refractivity contribution >= 4 is 28.6 Å². The molecule has 1 aliphatic rings. The Labute approximate surface area is 171 Å². The zero-order chi connectivity index (χ0) is 21.0. The lowest BCUT2D eigenvalue weighted by Gasteiger charge is -2.21. The normalized spacial score (nSPS) is 19.3. The number of hydrogen-bond donors (Lipinski definition) is 1. The number of benzene rings is 1. The van der Waals surface area contributed by atoms with E-state index in [9.17, 15) is 13.9 Å². The molecular weight excluding hydrogens is 402 g/mol. The lowest BCUT2D eigenvalue weighted by atomic mass is 9.96. The van der Waals surface area contributed by atoms with Crippen molar-refractivity contribution in [1.82, 2.24) is 25.0 Å². The van der Waals surface area contributed by atoms with Crippen LogP contribution in [0.25, 0.3) is 11.2 Å². The summed E-state index contributed by atoms with van der Waals surface area (Å²) in [5.74, 6) is -2.49. The zero-order valence-electron chi connectivity index (χ0n) is 16.3. The summed E-state index contributed by atoms with van der Waals surface area (Å²) >= 11 is 6.26. The molecule has 2 aromatic heterocycles. The maximum atomic E-state index is 14.0. The molecule has 3 heterocycles. The van der Waals surface area contributed by atoms with E-state index in [-0.39, 0.29) is 12.4 Å². The number of alkyl halides is 2.